The van der Waals surface area contributed by atoms with E-state index in [1.165, 1.54) is 19.3 Å². The van der Waals surface area contributed by atoms with Gasteiger partial charge in [0.2, 0.25) is 0 Å². The number of carbonyl (C=O) groups excluding carboxylic acids is 2. The maximum Gasteiger partial charge on any atom is 0.163 e. The second-order valence-electron chi connectivity index (χ2n) is 5.17. The Labute approximate surface area is 115 Å². The Balaban J connectivity index is 2.32. The highest BCUT2D eigenvalue weighted by Gasteiger charge is 2.53. The van der Waals surface area contributed by atoms with Crippen LogP contribution in [0, 0.1) is 5.92 Å². The molecule has 2 N–H and O–H groups in total. The number of rotatable bonds is 1. The molecule has 3 rings (SSSR count). The van der Waals surface area contributed by atoms with Gasteiger partial charge in [-0.25, -0.2) is 0 Å². The first-order valence-electron chi connectivity index (χ1n) is 6.35. The molecule has 0 amide bonds. The van der Waals surface area contributed by atoms with Gasteiger partial charge >= 0.3 is 0 Å². The fraction of sp³-hybridized carbons (Fsp3) is 0.333. The quantitative estimate of drug-likeness (QED) is 0.806. The van der Waals surface area contributed by atoms with Crippen LogP contribution in [0.3, 0.4) is 0 Å². The molecular weight excluding hydrogens is 260 g/mol. The lowest BCUT2D eigenvalue weighted by Gasteiger charge is -2.43. The van der Waals surface area contributed by atoms with Crippen molar-refractivity contribution < 1.29 is 24.5 Å². The van der Waals surface area contributed by atoms with E-state index in [9.17, 15) is 19.8 Å². The molecule has 0 radical (unpaired) electrons. The summed E-state index contributed by atoms with van der Waals surface area (Å²) in [6.45, 7) is 0. The van der Waals surface area contributed by atoms with Crippen LogP contribution in [0.25, 0.3) is 0 Å². The summed E-state index contributed by atoms with van der Waals surface area (Å²) in [5, 5.41) is 21.1. The van der Waals surface area contributed by atoms with Crippen molar-refractivity contribution in [1.29, 1.82) is 0 Å². The Bertz CT molecular complexity index is 646. The topological polar surface area (TPSA) is 83.8 Å². The molecule has 0 aromatic heterocycles. The molecule has 0 spiro atoms. The summed E-state index contributed by atoms with van der Waals surface area (Å²) < 4.78 is 5.15. The summed E-state index contributed by atoms with van der Waals surface area (Å²) in [6.07, 6.45) is 1.35. The maximum atomic E-state index is 12.1. The number of Topliss-reactive ketones (excluding diaryl/α,β-unsaturated/α-hetero) is 1. The van der Waals surface area contributed by atoms with Crippen LogP contribution in [-0.2, 0) is 15.1 Å². The molecule has 0 fully saturated rings. The lowest BCUT2D eigenvalue weighted by Crippen LogP contribution is -2.47. The van der Waals surface area contributed by atoms with Crippen molar-refractivity contribution in [2.75, 3.05) is 7.11 Å². The zero-order valence-electron chi connectivity index (χ0n) is 10.9. The molecule has 0 bridgehead atoms. The van der Waals surface area contributed by atoms with Gasteiger partial charge in [-0.05, 0) is 6.07 Å². The number of ether oxygens (including phenoxy) is 1. The number of allylic oxidation sites excluding steroid dienone is 1. The largest absolute Gasteiger partial charge is 0.508 e. The number of aromatic hydroxyl groups is 1. The van der Waals surface area contributed by atoms with Gasteiger partial charge in [-0.3, -0.25) is 9.59 Å². The molecule has 0 aliphatic heterocycles. The Morgan fingerprint density at radius 2 is 2.05 bits per heavy atom. The molecule has 20 heavy (non-hydrogen) atoms. The number of fused-ring (bicyclic) bond motifs is 3. The average molecular weight is 274 g/mol. The third-order valence-corrected chi connectivity index (χ3v) is 4.08. The molecule has 1 aromatic rings. The van der Waals surface area contributed by atoms with Gasteiger partial charge in [-0.2, -0.15) is 0 Å². The van der Waals surface area contributed by atoms with Gasteiger partial charge in [0.1, 0.15) is 11.5 Å². The molecule has 2 aliphatic rings. The van der Waals surface area contributed by atoms with E-state index in [4.69, 9.17) is 4.74 Å². The molecule has 5 heteroatoms. The number of phenols is 1. The summed E-state index contributed by atoms with van der Waals surface area (Å²) >= 11 is 0. The van der Waals surface area contributed by atoms with Crippen molar-refractivity contribution in [3.05, 3.63) is 41.2 Å². The van der Waals surface area contributed by atoms with Crippen LogP contribution in [0.15, 0.2) is 30.0 Å². The highest BCUT2D eigenvalue weighted by atomic mass is 16.5. The predicted octanol–water partition coefficient (Wildman–Crippen LogP) is 1.29. The molecule has 0 saturated carbocycles. The van der Waals surface area contributed by atoms with Gasteiger partial charge in [0.25, 0.3) is 0 Å². The number of benzene rings is 1. The van der Waals surface area contributed by atoms with Crippen LogP contribution >= 0.6 is 0 Å². The predicted molar refractivity (Wildman–Crippen MR) is 69.2 cm³/mol. The van der Waals surface area contributed by atoms with E-state index >= 15 is 0 Å². The van der Waals surface area contributed by atoms with Crippen LogP contribution in [0.5, 0.6) is 5.75 Å². The van der Waals surface area contributed by atoms with Gasteiger partial charge < -0.3 is 14.9 Å². The number of phenolic OH excluding ortho intramolecular Hbond substituents is 1. The van der Waals surface area contributed by atoms with E-state index in [2.05, 4.69) is 0 Å². The second-order valence-corrected chi connectivity index (χ2v) is 5.17. The lowest BCUT2D eigenvalue weighted by molar-refractivity contribution is -0.122. The van der Waals surface area contributed by atoms with E-state index < -0.39 is 11.5 Å². The summed E-state index contributed by atoms with van der Waals surface area (Å²) in [6, 6.07) is 4.53. The molecule has 2 aliphatic carbocycles. The number of carbonyl (C=O) groups is 2. The highest BCUT2D eigenvalue weighted by molar-refractivity contribution is 6.02. The normalized spacial score (nSPS) is 28.5. The summed E-state index contributed by atoms with van der Waals surface area (Å²) in [5.74, 6) is -1.07. The smallest absolute Gasteiger partial charge is 0.163 e. The van der Waals surface area contributed by atoms with Gasteiger partial charge in [-0.1, -0.05) is 12.1 Å². The minimum absolute atomic E-state index is 0.0550. The first kappa shape index (κ1) is 12.9. The minimum atomic E-state index is -1.63. The summed E-state index contributed by atoms with van der Waals surface area (Å²) in [7, 11) is 1.36. The first-order valence-corrected chi connectivity index (χ1v) is 6.35. The maximum absolute atomic E-state index is 12.1. The summed E-state index contributed by atoms with van der Waals surface area (Å²) in [5.41, 5.74) is -1.21. The van der Waals surface area contributed by atoms with E-state index in [0.29, 0.717) is 0 Å². The fourth-order valence-corrected chi connectivity index (χ4v) is 3.18. The number of ketones is 2. The number of methoxy groups -OCH3 is 1. The fourth-order valence-electron chi connectivity index (χ4n) is 3.18. The Morgan fingerprint density at radius 1 is 1.30 bits per heavy atom. The first-order chi connectivity index (χ1) is 9.48. The van der Waals surface area contributed by atoms with Crippen LogP contribution in [0.4, 0.5) is 0 Å². The molecule has 104 valence electrons. The third-order valence-electron chi connectivity index (χ3n) is 4.08. The SMILES string of the molecule is COC1=CC(=O)C[C@H]2CC(=O)c3cccc(O)c3[C@@]12O. The molecule has 5 nitrogen and oxygen atoms in total. The molecule has 0 heterocycles. The monoisotopic (exact) mass is 274 g/mol. The zero-order valence-corrected chi connectivity index (χ0v) is 10.9. The van der Waals surface area contributed by atoms with Crippen LogP contribution in [-0.4, -0.2) is 28.9 Å². The molecule has 1 aromatic carbocycles. The van der Waals surface area contributed by atoms with E-state index in [0.717, 1.165) is 0 Å². The lowest BCUT2D eigenvalue weighted by atomic mass is 9.65. The minimum Gasteiger partial charge on any atom is -0.508 e. The van der Waals surface area contributed by atoms with Crippen molar-refractivity contribution in [2.24, 2.45) is 5.92 Å². The summed E-state index contributed by atoms with van der Waals surface area (Å²) in [4.78, 5) is 23.8. The standard InChI is InChI=1S/C15H14O5/c1-20-13-7-9(16)5-8-6-12(18)10-3-2-4-11(17)14(10)15(8,13)19/h2-4,7-8,17,19H,5-6H2,1H3/t8-,15-/m0/s1. The van der Waals surface area contributed by atoms with Crippen LogP contribution in [0.2, 0.25) is 0 Å². The second kappa shape index (κ2) is 4.18. The Morgan fingerprint density at radius 3 is 2.75 bits per heavy atom. The van der Waals surface area contributed by atoms with Crippen molar-refractivity contribution in [3.8, 4) is 5.75 Å². The van der Waals surface area contributed by atoms with Crippen molar-refractivity contribution in [1.82, 2.24) is 0 Å². The van der Waals surface area contributed by atoms with Crippen molar-refractivity contribution in [3.63, 3.8) is 0 Å². The number of aliphatic hydroxyl groups is 1. The molecule has 2 atom stereocenters. The average Bonchev–Trinajstić information content (AvgIpc) is 2.41. The van der Waals surface area contributed by atoms with Crippen molar-refractivity contribution in [2.45, 2.75) is 18.4 Å². The number of hydrogen-bond donors (Lipinski definition) is 2. The van der Waals surface area contributed by atoms with Gasteiger partial charge in [-0.15, -0.1) is 0 Å². The molecular formula is C15H14O5. The van der Waals surface area contributed by atoms with Gasteiger partial charge in [0.15, 0.2) is 17.2 Å². The third kappa shape index (κ3) is 1.53. The van der Waals surface area contributed by atoms with Crippen LogP contribution < -0.4 is 0 Å². The van der Waals surface area contributed by atoms with E-state index in [1.807, 2.05) is 0 Å². The van der Waals surface area contributed by atoms with E-state index in [-0.39, 0.29) is 47.0 Å². The van der Waals surface area contributed by atoms with Crippen LogP contribution in [0.1, 0.15) is 28.8 Å². The van der Waals surface area contributed by atoms with E-state index in [1.54, 1.807) is 12.1 Å². The van der Waals surface area contributed by atoms with Gasteiger partial charge in [0.05, 0.1) is 7.11 Å². The zero-order chi connectivity index (χ0) is 14.5. The van der Waals surface area contributed by atoms with Gasteiger partial charge in [0, 0.05) is 36.0 Å². The Kier molecular flexibility index (Phi) is 2.69. The molecule has 0 saturated heterocycles. The molecule has 0 unspecified atom stereocenters. The highest BCUT2D eigenvalue weighted by Crippen LogP contribution is 2.51. The number of hydrogen-bond acceptors (Lipinski definition) is 5. The van der Waals surface area contributed by atoms with Crippen molar-refractivity contribution >= 4 is 11.6 Å². The Hall–Kier alpha value is -2.14.